The molecule has 2 N–H and O–H groups in total. The van der Waals surface area contributed by atoms with Crippen LogP contribution in [0.15, 0.2) is 35.2 Å². The number of hydrogen-bond acceptors (Lipinski definition) is 4. The Labute approximate surface area is 122 Å². The van der Waals surface area contributed by atoms with E-state index >= 15 is 0 Å². The molecular weight excluding hydrogens is 268 g/mol. The number of aromatic nitrogens is 2. The topological polar surface area (TPSA) is 44.0 Å². The molecule has 0 saturated carbocycles. The molecule has 0 atom stereocenters. The van der Waals surface area contributed by atoms with Crippen LogP contribution in [0.1, 0.15) is 0 Å². The van der Waals surface area contributed by atoms with E-state index in [1.807, 2.05) is 6.20 Å². The third-order valence-corrected chi connectivity index (χ3v) is 3.91. The fourth-order valence-corrected chi connectivity index (χ4v) is 2.85. The maximum atomic E-state index is 4.62. The molecule has 3 rings (SSSR count). The Morgan fingerprint density at radius 2 is 2.25 bits per heavy atom. The van der Waals surface area contributed by atoms with Gasteiger partial charge in [-0.2, -0.15) is 11.3 Å². The van der Waals surface area contributed by atoms with Gasteiger partial charge in [0.2, 0.25) is 0 Å². The van der Waals surface area contributed by atoms with Crippen molar-refractivity contribution < 1.29 is 0 Å². The van der Waals surface area contributed by atoms with E-state index in [4.69, 9.17) is 0 Å². The maximum absolute atomic E-state index is 4.62. The first-order chi connectivity index (χ1) is 9.74. The largest absolute Gasteiger partial charge is 0.369 e. The number of aromatic amines is 1. The van der Waals surface area contributed by atoms with Gasteiger partial charge in [-0.1, -0.05) is 0 Å². The average Bonchev–Trinajstić information content (AvgIpc) is 3.08. The molecule has 0 amide bonds. The van der Waals surface area contributed by atoms with Crippen LogP contribution in [-0.4, -0.2) is 42.1 Å². The van der Waals surface area contributed by atoms with Crippen molar-refractivity contribution >= 4 is 28.2 Å². The van der Waals surface area contributed by atoms with Crippen molar-refractivity contribution in [3.05, 3.63) is 35.2 Å². The third-order valence-electron chi connectivity index (χ3n) is 3.23. The first-order valence-electron chi connectivity index (χ1n) is 6.63. The third kappa shape index (κ3) is 2.69. The van der Waals surface area contributed by atoms with Crippen molar-refractivity contribution in [3.63, 3.8) is 0 Å². The Kier molecular flexibility index (Phi) is 3.71. The SMILES string of the molecule is CN(C)CCNc1cc(-c2ccsc2)c2cc[nH]c2n1. The number of pyridine rings is 1. The molecule has 3 aromatic heterocycles. The number of rotatable bonds is 5. The van der Waals surface area contributed by atoms with E-state index < -0.39 is 0 Å². The van der Waals surface area contributed by atoms with Crippen LogP contribution in [0, 0.1) is 0 Å². The van der Waals surface area contributed by atoms with Gasteiger partial charge in [-0.15, -0.1) is 0 Å². The minimum Gasteiger partial charge on any atom is -0.369 e. The molecule has 3 aromatic rings. The molecule has 0 aliphatic rings. The summed E-state index contributed by atoms with van der Waals surface area (Å²) in [5.41, 5.74) is 3.41. The Bertz CT molecular complexity index is 685. The number of fused-ring (bicyclic) bond motifs is 1. The number of nitrogens with one attached hydrogen (secondary N) is 2. The van der Waals surface area contributed by atoms with E-state index in [-0.39, 0.29) is 0 Å². The summed E-state index contributed by atoms with van der Waals surface area (Å²) >= 11 is 1.72. The molecule has 0 aromatic carbocycles. The summed E-state index contributed by atoms with van der Waals surface area (Å²) in [4.78, 5) is 9.98. The van der Waals surface area contributed by atoms with E-state index in [1.165, 1.54) is 16.5 Å². The minimum atomic E-state index is 0.884. The summed E-state index contributed by atoms with van der Waals surface area (Å²) in [6.07, 6.45) is 1.94. The highest BCUT2D eigenvalue weighted by atomic mass is 32.1. The molecule has 0 aliphatic heterocycles. The van der Waals surface area contributed by atoms with Crippen molar-refractivity contribution in [2.75, 3.05) is 32.5 Å². The van der Waals surface area contributed by atoms with Gasteiger partial charge < -0.3 is 15.2 Å². The van der Waals surface area contributed by atoms with Crippen molar-refractivity contribution in [3.8, 4) is 11.1 Å². The van der Waals surface area contributed by atoms with Crippen LogP contribution in [0.5, 0.6) is 0 Å². The summed E-state index contributed by atoms with van der Waals surface area (Å²) in [7, 11) is 4.14. The normalized spacial score (nSPS) is 11.3. The molecule has 0 fully saturated rings. The van der Waals surface area contributed by atoms with Crippen LogP contribution in [0.3, 0.4) is 0 Å². The highest BCUT2D eigenvalue weighted by Gasteiger charge is 2.09. The zero-order valence-electron chi connectivity index (χ0n) is 11.7. The van der Waals surface area contributed by atoms with Crippen LogP contribution >= 0.6 is 11.3 Å². The fourth-order valence-electron chi connectivity index (χ4n) is 2.19. The lowest BCUT2D eigenvalue weighted by Gasteiger charge is -2.12. The number of anilines is 1. The van der Waals surface area contributed by atoms with Crippen LogP contribution < -0.4 is 5.32 Å². The molecule has 0 spiro atoms. The molecule has 5 heteroatoms. The van der Waals surface area contributed by atoms with E-state index in [0.717, 1.165) is 24.6 Å². The quantitative estimate of drug-likeness (QED) is 0.756. The molecule has 3 heterocycles. The fraction of sp³-hybridized carbons (Fsp3) is 0.267. The van der Waals surface area contributed by atoms with Crippen molar-refractivity contribution in [2.45, 2.75) is 0 Å². The monoisotopic (exact) mass is 286 g/mol. The number of thiophene rings is 1. The average molecular weight is 286 g/mol. The second kappa shape index (κ2) is 5.64. The summed E-state index contributed by atoms with van der Waals surface area (Å²) < 4.78 is 0. The van der Waals surface area contributed by atoms with Gasteiger partial charge in [0.1, 0.15) is 11.5 Å². The maximum Gasteiger partial charge on any atom is 0.140 e. The summed E-state index contributed by atoms with van der Waals surface area (Å²) in [6, 6.07) is 6.36. The number of hydrogen-bond donors (Lipinski definition) is 2. The lowest BCUT2D eigenvalue weighted by molar-refractivity contribution is 0.425. The van der Waals surface area contributed by atoms with Crippen LogP contribution in [0.2, 0.25) is 0 Å². The van der Waals surface area contributed by atoms with Gasteiger partial charge in [0.25, 0.3) is 0 Å². The van der Waals surface area contributed by atoms with Gasteiger partial charge in [-0.25, -0.2) is 4.98 Å². The standard InChI is InChI=1S/C15H18N4S/c1-19(2)7-6-16-14-9-13(11-4-8-20-10-11)12-3-5-17-15(12)18-14/h3-5,8-10H,6-7H2,1-2H3,(H2,16,17,18). The Hall–Kier alpha value is -1.85. The van der Waals surface area contributed by atoms with E-state index in [2.05, 4.69) is 63.2 Å². The van der Waals surface area contributed by atoms with Gasteiger partial charge in [0.05, 0.1) is 0 Å². The zero-order chi connectivity index (χ0) is 13.9. The smallest absolute Gasteiger partial charge is 0.140 e. The molecule has 0 unspecified atom stereocenters. The van der Waals surface area contributed by atoms with Crippen LogP contribution in [0.25, 0.3) is 22.2 Å². The van der Waals surface area contributed by atoms with Crippen molar-refractivity contribution in [1.82, 2.24) is 14.9 Å². The van der Waals surface area contributed by atoms with Crippen molar-refractivity contribution in [2.24, 2.45) is 0 Å². The first kappa shape index (κ1) is 13.1. The minimum absolute atomic E-state index is 0.884. The van der Waals surface area contributed by atoms with Gasteiger partial charge in [-0.05, 0) is 54.2 Å². The van der Waals surface area contributed by atoms with E-state index in [0.29, 0.717) is 0 Å². The molecule has 4 nitrogen and oxygen atoms in total. The summed E-state index contributed by atoms with van der Waals surface area (Å²) in [5, 5.41) is 8.84. The number of likely N-dealkylation sites (N-methyl/N-ethyl adjacent to an activating group) is 1. The lowest BCUT2D eigenvalue weighted by atomic mass is 10.1. The van der Waals surface area contributed by atoms with Gasteiger partial charge in [0.15, 0.2) is 0 Å². The van der Waals surface area contributed by atoms with E-state index in [9.17, 15) is 0 Å². The highest BCUT2D eigenvalue weighted by molar-refractivity contribution is 7.08. The predicted molar refractivity (Wildman–Crippen MR) is 86.5 cm³/mol. The second-order valence-corrected chi connectivity index (χ2v) is 5.82. The Morgan fingerprint density at radius 1 is 1.35 bits per heavy atom. The molecule has 0 aliphatic carbocycles. The number of H-pyrrole nitrogens is 1. The molecule has 0 radical (unpaired) electrons. The van der Waals surface area contributed by atoms with Crippen molar-refractivity contribution in [1.29, 1.82) is 0 Å². The number of nitrogens with zero attached hydrogens (tertiary/aromatic N) is 2. The molecular formula is C15H18N4S. The van der Waals surface area contributed by atoms with Gasteiger partial charge in [0, 0.05) is 24.7 Å². The first-order valence-corrected chi connectivity index (χ1v) is 7.57. The molecule has 0 saturated heterocycles. The molecule has 104 valence electrons. The second-order valence-electron chi connectivity index (χ2n) is 5.04. The lowest BCUT2D eigenvalue weighted by Crippen LogP contribution is -2.21. The summed E-state index contributed by atoms with van der Waals surface area (Å²) in [6.45, 7) is 1.87. The van der Waals surface area contributed by atoms with Crippen LogP contribution in [-0.2, 0) is 0 Å². The Morgan fingerprint density at radius 3 is 3.00 bits per heavy atom. The zero-order valence-corrected chi connectivity index (χ0v) is 12.5. The highest BCUT2D eigenvalue weighted by Crippen LogP contribution is 2.31. The van der Waals surface area contributed by atoms with Crippen LogP contribution in [0.4, 0.5) is 5.82 Å². The molecule has 0 bridgehead atoms. The summed E-state index contributed by atoms with van der Waals surface area (Å²) in [5.74, 6) is 0.919. The van der Waals surface area contributed by atoms with Gasteiger partial charge >= 0.3 is 0 Å². The predicted octanol–water partition coefficient (Wildman–Crippen LogP) is 3.26. The van der Waals surface area contributed by atoms with Gasteiger partial charge in [-0.3, -0.25) is 0 Å². The van der Waals surface area contributed by atoms with E-state index in [1.54, 1.807) is 11.3 Å². The molecule has 20 heavy (non-hydrogen) atoms. The Balaban J connectivity index is 1.94.